The van der Waals surface area contributed by atoms with Crippen molar-refractivity contribution in [3.8, 4) is 11.4 Å². The van der Waals surface area contributed by atoms with Crippen molar-refractivity contribution >= 4 is 46.7 Å². The number of alkyl halides is 3. The lowest BCUT2D eigenvalue weighted by molar-refractivity contribution is 0.0526. The Morgan fingerprint density at radius 3 is 2.47 bits per heavy atom. The third-order valence-corrected chi connectivity index (χ3v) is 5.18. The van der Waals surface area contributed by atoms with Crippen molar-refractivity contribution in [1.29, 1.82) is 0 Å². The van der Waals surface area contributed by atoms with Gasteiger partial charge in [-0.2, -0.15) is 9.97 Å². The van der Waals surface area contributed by atoms with Crippen molar-refractivity contribution in [2.75, 3.05) is 38.1 Å². The van der Waals surface area contributed by atoms with Crippen LogP contribution in [0.5, 0.6) is 0 Å². The van der Waals surface area contributed by atoms with E-state index in [0.29, 0.717) is 36.1 Å². The summed E-state index contributed by atoms with van der Waals surface area (Å²) in [7, 11) is 0. The van der Waals surface area contributed by atoms with E-state index in [1.54, 1.807) is 31.2 Å². The largest absolute Gasteiger partial charge is 0.462 e. The summed E-state index contributed by atoms with van der Waals surface area (Å²) < 4.78 is 3.22. The van der Waals surface area contributed by atoms with Crippen molar-refractivity contribution in [2.24, 2.45) is 0 Å². The van der Waals surface area contributed by atoms with Crippen LogP contribution in [0.4, 0.5) is 5.95 Å². The zero-order valence-electron chi connectivity index (χ0n) is 16.7. The topological polar surface area (TPSA) is 80.2 Å². The molecule has 7 nitrogen and oxygen atoms in total. The predicted molar refractivity (Wildman–Crippen MR) is 119 cm³/mol. The lowest BCUT2D eigenvalue weighted by Gasteiger charge is -2.15. The number of nitrogens with one attached hydrogen (secondary N) is 1. The minimum Gasteiger partial charge on any atom is -0.462 e. The molecule has 0 radical (unpaired) electrons. The molecule has 1 aliphatic rings. The molecule has 1 fully saturated rings. The van der Waals surface area contributed by atoms with Crippen LogP contribution in [0, 0.1) is 0 Å². The standard InChI is InChI=1S/C20H24Cl3N5O2/c1-2-30-17(29)15-8-6-14(7-9-15)16-25-18(20(21,22)23)27-19(26-16)24-10-5-13-28-11-3-4-12-28/h6-9H,2-5,10-13H2,1H3,(H,24,25,26,27). The molecular formula is C20H24Cl3N5O2. The molecule has 1 saturated heterocycles. The van der Waals surface area contributed by atoms with Crippen LogP contribution in [-0.4, -0.2) is 58.6 Å². The molecule has 10 heteroatoms. The first-order chi connectivity index (χ1) is 14.4. The zero-order valence-corrected chi connectivity index (χ0v) is 19.0. The van der Waals surface area contributed by atoms with Crippen LogP contribution in [0.25, 0.3) is 11.4 Å². The Morgan fingerprint density at radius 1 is 1.13 bits per heavy atom. The Bertz CT molecular complexity index is 853. The van der Waals surface area contributed by atoms with Crippen LogP contribution in [0.1, 0.15) is 42.4 Å². The van der Waals surface area contributed by atoms with E-state index in [1.807, 2.05) is 0 Å². The number of ether oxygens (including phenoxy) is 1. The highest BCUT2D eigenvalue weighted by atomic mass is 35.6. The summed E-state index contributed by atoms with van der Waals surface area (Å²) >= 11 is 18.1. The maximum atomic E-state index is 11.8. The van der Waals surface area contributed by atoms with Crippen molar-refractivity contribution in [2.45, 2.75) is 30.0 Å². The number of hydrogen-bond donors (Lipinski definition) is 1. The zero-order chi connectivity index (χ0) is 21.6. The summed E-state index contributed by atoms with van der Waals surface area (Å²) in [6.07, 6.45) is 3.50. The summed E-state index contributed by atoms with van der Waals surface area (Å²) in [5.41, 5.74) is 1.11. The molecule has 0 aliphatic carbocycles. The van der Waals surface area contributed by atoms with Crippen LogP contribution in [0.3, 0.4) is 0 Å². The molecule has 3 rings (SSSR count). The van der Waals surface area contributed by atoms with Crippen molar-refractivity contribution in [3.05, 3.63) is 35.7 Å². The Hall–Kier alpha value is -1.67. The number of esters is 1. The van der Waals surface area contributed by atoms with E-state index in [0.717, 1.165) is 26.1 Å². The fourth-order valence-electron chi connectivity index (χ4n) is 3.19. The quantitative estimate of drug-likeness (QED) is 0.345. The van der Waals surface area contributed by atoms with Crippen LogP contribution < -0.4 is 5.32 Å². The van der Waals surface area contributed by atoms with E-state index in [-0.39, 0.29) is 11.8 Å². The number of halogens is 3. The second kappa shape index (κ2) is 10.6. The van der Waals surface area contributed by atoms with E-state index in [4.69, 9.17) is 39.5 Å². The third-order valence-electron chi connectivity index (χ3n) is 4.68. The van der Waals surface area contributed by atoms with Gasteiger partial charge in [-0.3, -0.25) is 0 Å². The Kier molecular flexibility index (Phi) is 8.11. The molecular weight excluding hydrogens is 449 g/mol. The molecule has 2 aromatic rings. The number of hydrogen-bond acceptors (Lipinski definition) is 7. The molecule has 0 spiro atoms. The Labute approximate surface area is 191 Å². The molecule has 0 atom stereocenters. The number of nitrogens with zero attached hydrogens (tertiary/aromatic N) is 4. The van der Waals surface area contributed by atoms with Crippen molar-refractivity contribution in [3.63, 3.8) is 0 Å². The maximum absolute atomic E-state index is 11.8. The molecule has 1 aromatic carbocycles. The monoisotopic (exact) mass is 471 g/mol. The van der Waals surface area contributed by atoms with Crippen LogP contribution >= 0.6 is 34.8 Å². The summed E-state index contributed by atoms with van der Waals surface area (Å²) in [6.45, 7) is 6.12. The molecule has 162 valence electrons. The average molecular weight is 473 g/mol. The number of aromatic nitrogens is 3. The average Bonchev–Trinajstić information content (AvgIpc) is 3.24. The van der Waals surface area contributed by atoms with Gasteiger partial charge in [-0.25, -0.2) is 9.78 Å². The minimum absolute atomic E-state index is 0.0361. The highest BCUT2D eigenvalue weighted by molar-refractivity contribution is 6.66. The lowest BCUT2D eigenvalue weighted by atomic mass is 10.1. The van der Waals surface area contributed by atoms with Gasteiger partial charge < -0.3 is 15.0 Å². The van der Waals surface area contributed by atoms with E-state index in [1.165, 1.54) is 12.8 Å². The van der Waals surface area contributed by atoms with Gasteiger partial charge in [-0.15, -0.1) is 0 Å². The smallest absolute Gasteiger partial charge is 0.338 e. The van der Waals surface area contributed by atoms with Crippen molar-refractivity contribution < 1.29 is 9.53 Å². The SMILES string of the molecule is CCOC(=O)c1ccc(-c2nc(NCCCN3CCCC3)nc(C(Cl)(Cl)Cl)n2)cc1. The first-order valence-corrected chi connectivity index (χ1v) is 11.1. The maximum Gasteiger partial charge on any atom is 0.338 e. The Balaban J connectivity index is 1.74. The first-order valence-electron chi connectivity index (χ1n) is 9.94. The molecule has 1 N–H and O–H groups in total. The molecule has 0 saturated carbocycles. The molecule has 30 heavy (non-hydrogen) atoms. The first kappa shape index (κ1) is 23.0. The lowest BCUT2D eigenvalue weighted by Crippen LogP contribution is -2.23. The number of carbonyl (C=O) groups excluding carboxylic acids is 1. The molecule has 1 aromatic heterocycles. The number of benzene rings is 1. The van der Waals surface area contributed by atoms with Crippen molar-refractivity contribution in [1.82, 2.24) is 19.9 Å². The highest BCUT2D eigenvalue weighted by Gasteiger charge is 2.28. The van der Waals surface area contributed by atoms with Gasteiger partial charge >= 0.3 is 5.97 Å². The van der Waals surface area contributed by atoms with Crippen LogP contribution in [0.2, 0.25) is 0 Å². The molecule has 2 heterocycles. The number of carbonyl (C=O) groups is 1. The summed E-state index contributed by atoms with van der Waals surface area (Å²) in [5.74, 6) is 0.344. The highest BCUT2D eigenvalue weighted by Crippen LogP contribution is 2.36. The summed E-state index contributed by atoms with van der Waals surface area (Å²) in [6, 6.07) is 6.74. The van der Waals surface area contributed by atoms with Gasteiger partial charge in [0.2, 0.25) is 9.74 Å². The van der Waals surface area contributed by atoms with Gasteiger partial charge in [0.25, 0.3) is 0 Å². The summed E-state index contributed by atoms with van der Waals surface area (Å²) in [5, 5.41) is 3.20. The fourth-order valence-corrected chi connectivity index (χ4v) is 3.44. The van der Waals surface area contributed by atoms with Crippen LogP contribution in [0.15, 0.2) is 24.3 Å². The normalized spacial score (nSPS) is 14.7. The molecule has 0 amide bonds. The van der Waals surface area contributed by atoms with E-state index in [2.05, 4.69) is 25.2 Å². The van der Waals surface area contributed by atoms with E-state index in [9.17, 15) is 4.79 Å². The molecule has 0 unspecified atom stereocenters. The van der Waals surface area contributed by atoms with E-state index < -0.39 is 3.79 Å². The number of likely N-dealkylation sites (tertiary alicyclic amines) is 1. The van der Waals surface area contributed by atoms with Gasteiger partial charge in [-0.05, 0) is 58.0 Å². The van der Waals surface area contributed by atoms with Gasteiger partial charge in [0, 0.05) is 12.1 Å². The van der Waals surface area contributed by atoms with Gasteiger partial charge in [-0.1, -0.05) is 46.9 Å². The van der Waals surface area contributed by atoms with E-state index >= 15 is 0 Å². The minimum atomic E-state index is -1.78. The van der Waals surface area contributed by atoms with Gasteiger partial charge in [0.05, 0.1) is 12.2 Å². The number of anilines is 1. The second-order valence-corrected chi connectivity index (χ2v) is 9.21. The predicted octanol–water partition coefficient (Wildman–Crippen LogP) is 4.44. The molecule has 1 aliphatic heterocycles. The van der Waals surface area contributed by atoms with Gasteiger partial charge in [0.15, 0.2) is 11.6 Å². The van der Waals surface area contributed by atoms with Crippen LogP contribution in [-0.2, 0) is 8.53 Å². The van der Waals surface area contributed by atoms with Gasteiger partial charge in [0.1, 0.15) is 0 Å². The molecule has 0 bridgehead atoms. The number of rotatable bonds is 8. The second-order valence-electron chi connectivity index (χ2n) is 6.93. The summed E-state index contributed by atoms with van der Waals surface area (Å²) in [4.78, 5) is 27.3. The fraction of sp³-hybridized carbons (Fsp3) is 0.500. The Morgan fingerprint density at radius 2 is 1.83 bits per heavy atom. The third kappa shape index (κ3) is 6.41.